The topological polar surface area (TPSA) is 29.5 Å². The third-order valence-electron chi connectivity index (χ3n) is 3.93. The quantitative estimate of drug-likeness (QED) is 0.614. The van der Waals surface area contributed by atoms with Crippen molar-refractivity contribution >= 4 is 29.1 Å². The first-order chi connectivity index (χ1) is 11.6. The lowest BCUT2D eigenvalue weighted by Gasteiger charge is -2.28. The summed E-state index contributed by atoms with van der Waals surface area (Å²) in [6.45, 7) is 3.12. The maximum absolute atomic E-state index is 13.7. The zero-order chi connectivity index (χ0) is 16.9. The largest absolute Gasteiger partial charge is 0.378 e. The predicted molar refractivity (Wildman–Crippen MR) is 94.2 cm³/mol. The van der Waals surface area contributed by atoms with Crippen LogP contribution in [0.5, 0.6) is 0 Å². The lowest BCUT2D eigenvalue weighted by molar-refractivity contribution is 0.104. The van der Waals surface area contributed by atoms with Gasteiger partial charge in [0.05, 0.1) is 18.2 Å². The van der Waals surface area contributed by atoms with Crippen molar-refractivity contribution in [2.45, 2.75) is 0 Å². The summed E-state index contributed by atoms with van der Waals surface area (Å²) in [5, 5.41) is 0.279. The normalized spacial score (nSPS) is 15.0. The highest BCUT2D eigenvalue weighted by Crippen LogP contribution is 2.21. The number of carbonyl (C=O) groups is 1. The van der Waals surface area contributed by atoms with E-state index < -0.39 is 5.82 Å². The Balaban J connectivity index is 1.72. The molecule has 3 nitrogen and oxygen atoms in total. The van der Waals surface area contributed by atoms with Gasteiger partial charge < -0.3 is 9.64 Å². The molecule has 24 heavy (non-hydrogen) atoms. The summed E-state index contributed by atoms with van der Waals surface area (Å²) in [5.74, 6) is -0.642. The van der Waals surface area contributed by atoms with Gasteiger partial charge in [0, 0.05) is 29.9 Å². The molecule has 0 N–H and O–H groups in total. The molecule has 5 heteroatoms. The van der Waals surface area contributed by atoms with E-state index in [2.05, 4.69) is 4.90 Å². The van der Waals surface area contributed by atoms with Gasteiger partial charge in [-0.25, -0.2) is 4.39 Å². The summed E-state index contributed by atoms with van der Waals surface area (Å²) < 4.78 is 19.0. The van der Waals surface area contributed by atoms with Crippen LogP contribution in [0.3, 0.4) is 0 Å². The first kappa shape index (κ1) is 16.7. The molecule has 0 spiro atoms. The molecule has 0 bridgehead atoms. The maximum Gasteiger partial charge on any atom is 0.185 e. The number of nitrogens with zero attached hydrogens (tertiary/aromatic N) is 1. The fourth-order valence-electron chi connectivity index (χ4n) is 2.58. The van der Waals surface area contributed by atoms with Crippen molar-refractivity contribution in [3.05, 3.63) is 70.5 Å². The van der Waals surface area contributed by atoms with Crippen LogP contribution in [0.25, 0.3) is 6.08 Å². The van der Waals surface area contributed by atoms with Crippen LogP contribution in [-0.2, 0) is 4.74 Å². The number of halogens is 2. The van der Waals surface area contributed by atoms with Crippen molar-refractivity contribution in [2.24, 2.45) is 0 Å². The van der Waals surface area contributed by atoms with Crippen LogP contribution in [-0.4, -0.2) is 32.1 Å². The average Bonchev–Trinajstić information content (AvgIpc) is 2.62. The molecular formula is C19H17ClFNO2. The molecule has 2 aromatic carbocycles. The molecule has 0 atom stereocenters. The van der Waals surface area contributed by atoms with Gasteiger partial charge >= 0.3 is 0 Å². The summed E-state index contributed by atoms with van der Waals surface area (Å²) in [6, 6.07) is 11.8. The van der Waals surface area contributed by atoms with Crippen molar-refractivity contribution < 1.29 is 13.9 Å². The smallest absolute Gasteiger partial charge is 0.185 e. The number of hydrogen-bond donors (Lipinski definition) is 0. The van der Waals surface area contributed by atoms with E-state index in [0.717, 1.165) is 18.8 Å². The van der Waals surface area contributed by atoms with E-state index in [9.17, 15) is 9.18 Å². The maximum atomic E-state index is 13.7. The molecular weight excluding hydrogens is 329 g/mol. The molecule has 0 aromatic heterocycles. The van der Waals surface area contributed by atoms with E-state index in [1.165, 1.54) is 24.3 Å². The Morgan fingerprint density at radius 3 is 2.50 bits per heavy atom. The minimum atomic E-state index is -0.450. The van der Waals surface area contributed by atoms with Gasteiger partial charge in [-0.1, -0.05) is 17.7 Å². The molecule has 1 heterocycles. The molecule has 1 aliphatic rings. The van der Waals surface area contributed by atoms with E-state index >= 15 is 0 Å². The van der Waals surface area contributed by atoms with Gasteiger partial charge in [0.25, 0.3) is 0 Å². The third-order valence-corrected chi connectivity index (χ3v) is 4.26. The van der Waals surface area contributed by atoms with Crippen molar-refractivity contribution in [3.63, 3.8) is 0 Å². The van der Waals surface area contributed by atoms with Gasteiger partial charge in [0.2, 0.25) is 0 Å². The highest BCUT2D eigenvalue weighted by atomic mass is 35.5. The standard InChI is InChI=1S/C19H17ClFNO2/c20-17-2-1-3-18(21)16(17)8-9-19(23)14-4-6-15(7-5-14)22-10-12-24-13-11-22/h1-9H,10-13H2/b9-8+. The van der Waals surface area contributed by atoms with E-state index in [0.29, 0.717) is 18.8 Å². The summed E-state index contributed by atoms with van der Waals surface area (Å²) >= 11 is 5.95. The van der Waals surface area contributed by atoms with Crippen molar-refractivity contribution in [3.8, 4) is 0 Å². The van der Waals surface area contributed by atoms with Gasteiger partial charge in [-0.15, -0.1) is 0 Å². The van der Waals surface area contributed by atoms with Crippen LogP contribution in [0.4, 0.5) is 10.1 Å². The van der Waals surface area contributed by atoms with Crippen LogP contribution >= 0.6 is 11.6 Å². The highest BCUT2D eigenvalue weighted by Gasteiger charge is 2.11. The summed E-state index contributed by atoms with van der Waals surface area (Å²) in [7, 11) is 0. The summed E-state index contributed by atoms with van der Waals surface area (Å²) in [6.07, 6.45) is 2.75. The number of hydrogen-bond acceptors (Lipinski definition) is 3. The Morgan fingerprint density at radius 2 is 1.83 bits per heavy atom. The molecule has 2 aromatic rings. The summed E-state index contributed by atoms with van der Waals surface area (Å²) in [4.78, 5) is 14.5. The lowest BCUT2D eigenvalue weighted by Crippen LogP contribution is -2.36. The Morgan fingerprint density at radius 1 is 1.12 bits per heavy atom. The number of carbonyl (C=O) groups excluding carboxylic acids is 1. The van der Waals surface area contributed by atoms with Crippen molar-refractivity contribution in [2.75, 3.05) is 31.2 Å². The Labute approximate surface area is 145 Å². The number of ether oxygens (including phenoxy) is 1. The number of ketones is 1. The molecule has 0 aliphatic carbocycles. The van der Waals surface area contributed by atoms with E-state index in [1.807, 2.05) is 12.1 Å². The fourth-order valence-corrected chi connectivity index (χ4v) is 2.81. The molecule has 0 radical (unpaired) electrons. The molecule has 3 rings (SSSR count). The first-order valence-electron chi connectivity index (χ1n) is 7.74. The number of benzene rings is 2. The molecule has 0 saturated carbocycles. The van der Waals surface area contributed by atoms with Crippen LogP contribution in [0.2, 0.25) is 5.02 Å². The highest BCUT2D eigenvalue weighted by molar-refractivity contribution is 6.32. The van der Waals surface area contributed by atoms with Crippen LogP contribution in [0, 0.1) is 5.82 Å². The second kappa shape index (κ2) is 7.60. The van der Waals surface area contributed by atoms with Gasteiger partial charge in [0.15, 0.2) is 5.78 Å². The Kier molecular flexibility index (Phi) is 5.28. The summed E-state index contributed by atoms with van der Waals surface area (Å²) in [5.41, 5.74) is 1.84. The number of morpholine rings is 1. The molecule has 1 saturated heterocycles. The molecule has 124 valence electrons. The first-order valence-corrected chi connectivity index (χ1v) is 8.12. The van der Waals surface area contributed by atoms with E-state index in [4.69, 9.17) is 16.3 Å². The van der Waals surface area contributed by atoms with Gasteiger partial charge in [-0.05, 0) is 48.6 Å². The Hall–Kier alpha value is -2.17. The molecule has 1 aliphatic heterocycles. The van der Waals surface area contributed by atoms with E-state index in [-0.39, 0.29) is 16.4 Å². The minimum Gasteiger partial charge on any atom is -0.378 e. The zero-order valence-corrected chi connectivity index (χ0v) is 13.8. The molecule has 0 amide bonds. The fraction of sp³-hybridized carbons (Fsp3) is 0.211. The molecule has 0 unspecified atom stereocenters. The van der Waals surface area contributed by atoms with Gasteiger partial charge in [0.1, 0.15) is 5.82 Å². The zero-order valence-electron chi connectivity index (χ0n) is 13.0. The monoisotopic (exact) mass is 345 g/mol. The number of rotatable bonds is 4. The van der Waals surface area contributed by atoms with E-state index in [1.54, 1.807) is 18.2 Å². The van der Waals surface area contributed by atoms with Crippen molar-refractivity contribution in [1.82, 2.24) is 0 Å². The lowest BCUT2D eigenvalue weighted by atomic mass is 10.1. The van der Waals surface area contributed by atoms with Gasteiger partial charge in [-0.3, -0.25) is 4.79 Å². The SMILES string of the molecule is O=C(/C=C/c1c(F)cccc1Cl)c1ccc(N2CCOCC2)cc1. The minimum absolute atomic E-state index is 0.192. The van der Waals surface area contributed by atoms with Crippen LogP contribution in [0.1, 0.15) is 15.9 Å². The predicted octanol–water partition coefficient (Wildman–Crippen LogP) is 4.21. The molecule has 1 fully saturated rings. The second-order valence-corrected chi connectivity index (χ2v) is 5.89. The Bertz CT molecular complexity index is 732. The number of anilines is 1. The third kappa shape index (κ3) is 3.83. The van der Waals surface area contributed by atoms with Crippen LogP contribution in [0.15, 0.2) is 48.5 Å². The van der Waals surface area contributed by atoms with Crippen LogP contribution < -0.4 is 4.90 Å². The van der Waals surface area contributed by atoms with Gasteiger partial charge in [-0.2, -0.15) is 0 Å². The average molecular weight is 346 g/mol. The number of allylic oxidation sites excluding steroid dienone is 1. The second-order valence-electron chi connectivity index (χ2n) is 5.48. The van der Waals surface area contributed by atoms with Crippen molar-refractivity contribution in [1.29, 1.82) is 0 Å².